The average molecular weight is 317 g/mol. The van der Waals surface area contributed by atoms with Crippen LogP contribution >= 0.6 is 11.6 Å². The normalized spacial score (nSPS) is 14.1. The number of fused-ring (bicyclic) bond motifs is 1. The first kappa shape index (κ1) is 14.7. The Kier molecular flexibility index (Phi) is 3.94. The number of aliphatic imine (C=N–C) groups is 1. The number of nitrogens with zero attached hydrogens (tertiary/aromatic N) is 2. The van der Waals surface area contributed by atoms with E-state index in [0.29, 0.717) is 40.6 Å². The van der Waals surface area contributed by atoms with E-state index < -0.39 is 0 Å². The van der Waals surface area contributed by atoms with E-state index in [1.165, 1.54) is 13.0 Å². The van der Waals surface area contributed by atoms with Crippen LogP contribution in [0.2, 0.25) is 5.02 Å². The molecular weight excluding hydrogens is 303 g/mol. The van der Waals surface area contributed by atoms with Gasteiger partial charge in [-0.2, -0.15) is 0 Å². The van der Waals surface area contributed by atoms with Crippen molar-refractivity contribution in [3.05, 3.63) is 64.4 Å². The number of anilines is 1. The molecule has 0 atom stereocenters. The lowest BCUT2D eigenvalue weighted by molar-refractivity contribution is -0.116. The quantitative estimate of drug-likeness (QED) is 0.790. The molecule has 0 aliphatic carbocycles. The zero-order valence-electron chi connectivity index (χ0n) is 12.0. The van der Waals surface area contributed by atoms with E-state index in [9.17, 15) is 9.18 Å². The van der Waals surface area contributed by atoms with Gasteiger partial charge in [0, 0.05) is 29.6 Å². The van der Waals surface area contributed by atoms with Crippen LogP contribution in [0.1, 0.15) is 18.1 Å². The van der Waals surface area contributed by atoms with E-state index >= 15 is 0 Å². The first-order valence-electron chi connectivity index (χ1n) is 6.95. The standard InChI is InChI=1S/C17H14ClFN2O/c1-11(22)21-9-8-20-17(13-4-2-3-5-15(13)19)14-10-12(18)6-7-16(14)21/h2-7,10H,8-9H2,1H3. The maximum Gasteiger partial charge on any atom is 0.223 e. The predicted molar refractivity (Wildman–Crippen MR) is 86.4 cm³/mol. The van der Waals surface area contributed by atoms with Crippen molar-refractivity contribution < 1.29 is 9.18 Å². The first-order chi connectivity index (χ1) is 10.6. The van der Waals surface area contributed by atoms with Gasteiger partial charge in [-0.3, -0.25) is 9.79 Å². The summed E-state index contributed by atoms with van der Waals surface area (Å²) >= 11 is 6.10. The zero-order valence-corrected chi connectivity index (χ0v) is 12.8. The number of benzodiazepines with no additional fused rings is 1. The first-order valence-corrected chi connectivity index (χ1v) is 7.33. The summed E-state index contributed by atoms with van der Waals surface area (Å²) in [7, 11) is 0. The molecule has 0 spiro atoms. The number of carbonyl (C=O) groups is 1. The summed E-state index contributed by atoms with van der Waals surface area (Å²) in [5, 5.41) is 0.521. The molecular formula is C17H14ClFN2O. The Bertz CT molecular complexity index is 773. The molecule has 1 heterocycles. The average Bonchev–Trinajstić information content (AvgIpc) is 2.67. The van der Waals surface area contributed by atoms with Gasteiger partial charge >= 0.3 is 0 Å². The molecule has 2 aromatic carbocycles. The van der Waals surface area contributed by atoms with Crippen LogP contribution in [0, 0.1) is 5.82 Å². The minimum atomic E-state index is -0.344. The van der Waals surface area contributed by atoms with Crippen LogP contribution in [0.5, 0.6) is 0 Å². The molecule has 112 valence electrons. The van der Waals surface area contributed by atoms with Crippen molar-refractivity contribution in [1.82, 2.24) is 0 Å². The SMILES string of the molecule is CC(=O)N1CCN=C(c2ccccc2F)c2cc(Cl)ccc21. The third-order valence-electron chi connectivity index (χ3n) is 3.61. The van der Waals surface area contributed by atoms with Gasteiger partial charge in [-0.25, -0.2) is 4.39 Å². The molecule has 22 heavy (non-hydrogen) atoms. The number of carbonyl (C=O) groups excluding carboxylic acids is 1. The van der Waals surface area contributed by atoms with Crippen LogP contribution in [-0.2, 0) is 4.79 Å². The summed E-state index contributed by atoms with van der Waals surface area (Å²) in [6.45, 7) is 2.38. The van der Waals surface area contributed by atoms with Crippen LogP contribution < -0.4 is 4.90 Å². The predicted octanol–water partition coefficient (Wildman–Crippen LogP) is 3.68. The maximum atomic E-state index is 14.2. The number of hydrogen-bond acceptors (Lipinski definition) is 2. The molecule has 0 bridgehead atoms. The second-order valence-corrected chi connectivity index (χ2v) is 5.48. The molecule has 1 aliphatic heterocycles. The van der Waals surface area contributed by atoms with E-state index in [2.05, 4.69) is 4.99 Å². The largest absolute Gasteiger partial charge is 0.310 e. The minimum absolute atomic E-state index is 0.0754. The molecule has 0 saturated carbocycles. The van der Waals surface area contributed by atoms with Gasteiger partial charge in [-0.1, -0.05) is 23.7 Å². The van der Waals surface area contributed by atoms with E-state index in [4.69, 9.17) is 11.6 Å². The Balaban J connectivity index is 2.22. The molecule has 0 saturated heterocycles. The molecule has 0 fully saturated rings. The van der Waals surface area contributed by atoms with Crippen molar-refractivity contribution >= 4 is 28.9 Å². The van der Waals surface area contributed by atoms with Gasteiger partial charge in [0.25, 0.3) is 0 Å². The molecule has 0 radical (unpaired) electrons. The molecule has 0 N–H and O–H groups in total. The topological polar surface area (TPSA) is 32.7 Å². The number of amides is 1. The Morgan fingerprint density at radius 3 is 2.73 bits per heavy atom. The Hall–Kier alpha value is -2.20. The van der Waals surface area contributed by atoms with Crippen molar-refractivity contribution in [3.8, 4) is 0 Å². The van der Waals surface area contributed by atoms with E-state index in [1.54, 1.807) is 41.3 Å². The summed E-state index contributed by atoms with van der Waals surface area (Å²) in [5.41, 5.74) is 2.32. The molecule has 0 aromatic heterocycles. The van der Waals surface area contributed by atoms with Gasteiger partial charge in [-0.15, -0.1) is 0 Å². The van der Waals surface area contributed by atoms with Gasteiger partial charge in [-0.05, 0) is 30.3 Å². The molecule has 3 rings (SSSR count). The highest BCUT2D eigenvalue weighted by atomic mass is 35.5. The van der Waals surface area contributed by atoms with Crippen LogP contribution in [0.25, 0.3) is 0 Å². The zero-order chi connectivity index (χ0) is 15.7. The van der Waals surface area contributed by atoms with Gasteiger partial charge in [0.15, 0.2) is 0 Å². The number of benzene rings is 2. The van der Waals surface area contributed by atoms with E-state index in [0.717, 1.165) is 0 Å². The Morgan fingerprint density at radius 2 is 2.00 bits per heavy atom. The van der Waals surface area contributed by atoms with Gasteiger partial charge < -0.3 is 4.90 Å². The van der Waals surface area contributed by atoms with Crippen molar-refractivity contribution in [2.45, 2.75) is 6.92 Å². The van der Waals surface area contributed by atoms with Crippen LogP contribution in [0.4, 0.5) is 10.1 Å². The third-order valence-corrected chi connectivity index (χ3v) is 3.84. The molecule has 0 unspecified atom stereocenters. The van der Waals surface area contributed by atoms with E-state index in [1.807, 2.05) is 0 Å². The fourth-order valence-corrected chi connectivity index (χ4v) is 2.78. The fraction of sp³-hybridized carbons (Fsp3) is 0.176. The highest BCUT2D eigenvalue weighted by Gasteiger charge is 2.23. The number of halogens is 2. The highest BCUT2D eigenvalue weighted by Crippen LogP contribution is 2.29. The lowest BCUT2D eigenvalue weighted by Gasteiger charge is -2.21. The van der Waals surface area contributed by atoms with Gasteiger partial charge in [0.05, 0.1) is 17.9 Å². The van der Waals surface area contributed by atoms with Gasteiger partial charge in [0.1, 0.15) is 5.82 Å². The minimum Gasteiger partial charge on any atom is -0.310 e. The molecule has 1 amide bonds. The van der Waals surface area contributed by atoms with Crippen molar-refractivity contribution in [1.29, 1.82) is 0 Å². The summed E-state index contributed by atoms with van der Waals surface area (Å²) in [5.74, 6) is -0.419. The van der Waals surface area contributed by atoms with E-state index in [-0.39, 0.29) is 11.7 Å². The summed E-state index contributed by atoms with van der Waals surface area (Å²) in [6, 6.07) is 11.7. The molecule has 1 aliphatic rings. The third kappa shape index (κ3) is 2.62. The van der Waals surface area contributed by atoms with Crippen LogP contribution in [0.3, 0.4) is 0 Å². The lowest BCUT2D eigenvalue weighted by Crippen LogP contribution is -2.30. The monoisotopic (exact) mass is 316 g/mol. The Labute approximate surface area is 133 Å². The smallest absolute Gasteiger partial charge is 0.223 e. The van der Waals surface area contributed by atoms with Crippen molar-refractivity contribution in [2.24, 2.45) is 4.99 Å². The number of hydrogen-bond donors (Lipinski definition) is 0. The van der Waals surface area contributed by atoms with Crippen molar-refractivity contribution in [3.63, 3.8) is 0 Å². The number of rotatable bonds is 1. The van der Waals surface area contributed by atoms with Gasteiger partial charge in [0.2, 0.25) is 5.91 Å². The highest BCUT2D eigenvalue weighted by molar-refractivity contribution is 6.31. The Morgan fingerprint density at radius 1 is 1.23 bits per heavy atom. The molecule has 2 aromatic rings. The maximum absolute atomic E-state index is 14.2. The van der Waals surface area contributed by atoms with Crippen LogP contribution in [0.15, 0.2) is 47.5 Å². The second-order valence-electron chi connectivity index (χ2n) is 5.04. The fourth-order valence-electron chi connectivity index (χ4n) is 2.61. The van der Waals surface area contributed by atoms with Crippen LogP contribution in [-0.4, -0.2) is 24.7 Å². The summed E-state index contributed by atoms with van der Waals surface area (Å²) in [4.78, 5) is 18.0. The second kappa shape index (κ2) is 5.89. The van der Waals surface area contributed by atoms with Crippen molar-refractivity contribution in [2.75, 3.05) is 18.0 Å². The molecule has 5 heteroatoms. The summed E-state index contributed by atoms with van der Waals surface area (Å²) in [6.07, 6.45) is 0. The lowest BCUT2D eigenvalue weighted by atomic mass is 9.99. The summed E-state index contributed by atoms with van der Waals surface area (Å²) < 4.78 is 14.2. The molecule has 3 nitrogen and oxygen atoms in total.